The number of hydrogen-bond donors (Lipinski definition) is 1. The zero-order valence-corrected chi connectivity index (χ0v) is 17.8. The molecular weight excluding hydrogens is 443 g/mol. The van der Waals surface area contributed by atoms with Crippen LogP contribution in [-0.2, 0) is 9.53 Å². The highest BCUT2D eigenvalue weighted by Gasteiger charge is 2.18. The van der Waals surface area contributed by atoms with Crippen molar-refractivity contribution < 1.29 is 14.3 Å². The number of carbonyl (C=O) groups excluding carboxylic acids is 1. The lowest BCUT2D eigenvalue weighted by atomic mass is 10.1. The molecule has 0 unspecified atom stereocenters. The molecular formula is C21H16Cl2N4O4. The highest BCUT2D eigenvalue weighted by atomic mass is 35.5. The standard InChI is InChI=1S/C21H16Cl2N4O4/c1-30-9-7-25-19(28)13(12-24)10-15-20(31-17-6-5-14(22)11-16(17)23)26-18-4-2-3-8-27(18)21(15)29/h2-6,8,10-11H,7,9H2,1H3,(H,25,28). The molecule has 0 bridgehead atoms. The summed E-state index contributed by atoms with van der Waals surface area (Å²) < 4.78 is 11.9. The summed E-state index contributed by atoms with van der Waals surface area (Å²) >= 11 is 12.1. The smallest absolute Gasteiger partial charge is 0.269 e. The van der Waals surface area contributed by atoms with Crippen molar-refractivity contribution in [3.63, 3.8) is 0 Å². The van der Waals surface area contributed by atoms with Gasteiger partial charge in [0.15, 0.2) is 0 Å². The lowest BCUT2D eigenvalue weighted by Gasteiger charge is -2.11. The number of nitrogens with one attached hydrogen (secondary N) is 1. The molecule has 0 radical (unpaired) electrons. The SMILES string of the molecule is COCCNC(=O)C(C#N)=Cc1c(Oc2ccc(Cl)cc2Cl)nc2ccccn2c1=O. The predicted octanol–water partition coefficient (Wildman–Crippen LogP) is 3.46. The van der Waals surface area contributed by atoms with Crippen LogP contribution in [0.15, 0.2) is 53.0 Å². The van der Waals surface area contributed by atoms with Crippen molar-refractivity contribution in [2.45, 2.75) is 0 Å². The van der Waals surface area contributed by atoms with Crippen LogP contribution in [-0.4, -0.2) is 35.6 Å². The number of hydrogen-bond acceptors (Lipinski definition) is 6. The number of halogens is 2. The fraction of sp³-hybridized carbons (Fsp3) is 0.143. The monoisotopic (exact) mass is 458 g/mol. The van der Waals surface area contributed by atoms with E-state index in [2.05, 4.69) is 10.3 Å². The van der Waals surface area contributed by atoms with Crippen molar-refractivity contribution in [1.82, 2.24) is 14.7 Å². The van der Waals surface area contributed by atoms with Crippen molar-refractivity contribution in [1.29, 1.82) is 5.26 Å². The van der Waals surface area contributed by atoms with Gasteiger partial charge in [0, 0.05) is 24.9 Å². The fourth-order valence-corrected chi connectivity index (χ4v) is 3.05. The molecule has 31 heavy (non-hydrogen) atoms. The van der Waals surface area contributed by atoms with Gasteiger partial charge in [0.1, 0.15) is 28.6 Å². The molecule has 3 aromatic rings. The largest absolute Gasteiger partial charge is 0.437 e. The minimum atomic E-state index is -0.660. The number of rotatable bonds is 7. The van der Waals surface area contributed by atoms with E-state index in [4.69, 9.17) is 32.7 Å². The molecule has 8 nitrogen and oxygen atoms in total. The average molecular weight is 459 g/mol. The molecule has 0 spiro atoms. The first-order valence-corrected chi connectivity index (χ1v) is 9.73. The van der Waals surface area contributed by atoms with Crippen LogP contribution in [0.1, 0.15) is 5.56 Å². The van der Waals surface area contributed by atoms with Gasteiger partial charge >= 0.3 is 0 Å². The maximum atomic E-state index is 13.1. The lowest BCUT2D eigenvalue weighted by Crippen LogP contribution is -2.28. The number of aromatic nitrogens is 2. The van der Waals surface area contributed by atoms with E-state index < -0.39 is 11.5 Å². The van der Waals surface area contributed by atoms with E-state index >= 15 is 0 Å². The Morgan fingerprint density at radius 2 is 2.13 bits per heavy atom. The first kappa shape index (κ1) is 22.3. The first-order valence-electron chi connectivity index (χ1n) is 8.98. The molecule has 10 heteroatoms. The van der Waals surface area contributed by atoms with Gasteiger partial charge in [-0.05, 0) is 36.4 Å². The minimum Gasteiger partial charge on any atom is -0.437 e. The summed E-state index contributed by atoms with van der Waals surface area (Å²) in [6.45, 7) is 0.473. The lowest BCUT2D eigenvalue weighted by molar-refractivity contribution is -0.117. The molecule has 0 aliphatic heterocycles. The molecule has 2 heterocycles. The minimum absolute atomic E-state index is 0.0897. The van der Waals surface area contributed by atoms with E-state index in [1.54, 1.807) is 30.3 Å². The Morgan fingerprint density at radius 1 is 1.32 bits per heavy atom. The van der Waals surface area contributed by atoms with Crippen LogP contribution < -0.4 is 15.6 Å². The summed E-state index contributed by atoms with van der Waals surface area (Å²) in [6, 6.07) is 11.3. The van der Waals surface area contributed by atoms with E-state index in [0.717, 1.165) is 6.08 Å². The summed E-state index contributed by atoms with van der Waals surface area (Å²) in [6.07, 6.45) is 2.65. The number of nitrogens with zero attached hydrogens (tertiary/aromatic N) is 3. The number of benzene rings is 1. The Bertz CT molecular complexity index is 1260. The number of fused-ring (bicyclic) bond motifs is 1. The molecule has 0 fully saturated rings. The maximum absolute atomic E-state index is 13.1. The number of ether oxygens (including phenoxy) is 2. The summed E-state index contributed by atoms with van der Waals surface area (Å²) in [7, 11) is 1.49. The van der Waals surface area contributed by atoms with Crippen LogP contribution in [0.3, 0.4) is 0 Å². The zero-order valence-electron chi connectivity index (χ0n) is 16.3. The normalized spacial score (nSPS) is 11.2. The third-order valence-corrected chi connectivity index (χ3v) is 4.61. The third kappa shape index (κ3) is 5.22. The van der Waals surface area contributed by atoms with Crippen molar-refractivity contribution >= 4 is 40.8 Å². The topological polar surface area (TPSA) is 106 Å². The Hall–Kier alpha value is -3.38. The van der Waals surface area contributed by atoms with Crippen molar-refractivity contribution in [2.75, 3.05) is 20.3 Å². The molecule has 1 amide bonds. The Morgan fingerprint density at radius 3 is 2.84 bits per heavy atom. The van der Waals surface area contributed by atoms with Crippen molar-refractivity contribution in [2.24, 2.45) is 0 Å². The van der Waals surface area contributed by atoms with Gasteiger partial charge in [0.2, 0.25) is 5.88 Å². The van der Waals surface area contributed by atoms with Crippen LogP contribution in [0.2, 0.25) is 10.0 Å². The Labute approximate surface area is 187 Å². The Kier molecular flexibility index (Phi) is 7.26. The molecule has 2 aromatic heterocycles. The number of pyridine rings is 1. The average Bonchev–Trinajstić information content (AvgIpc) is 2.75. The van der Waals surface area contributed by atoms with Gasteiger partial charge in [-0.2, -0.15) is 10.2 Å². The van der Waals surface area contributed by atoms with Gasteiger partial charge in [0.05, 0.1) is 11.6 Å². The number of amides is 1. The fourth-order valence-electron chi connectivity index (χ4n) is 2.60. The summed E-state index contributed by atoms with van der Waals surface area (Å²) in [5, 5.41) is 12.6. The molecule has 158 valence electrons. The van der Waals surface area contributed by atoms with E-state index in [1.807, 2.05) is 0 Å². The zero-order chi connectivity index (χ0) is 22.4. The van der Waals surface area contributed by atoms with Crippen LogP contribution in [0, 0.1) is 11.3 Å². The quantitative estimate of drug-likeness (QED) is 0.330. The molecule has 1 aromatic carbocycles. The third-order valence-electron chi connectivity index (χ3n) is 4.08. The first-order chi connectivity index (χ1) is 14.9. The predicted molar refractivity (Wildman–Crippen MR) is 116 cm³/mol. The van der Waals surface area contributed by atoms with E-state index in [0.29, 0.717) is 10.7 Å². The second-order valence-corrected chi connectivity index (χ2v) is 7.00. The summed E-state index contributed by atoms with van der Waals surface area (Å²) in [4.78, 5) is 29.8. The Balaban J connectivity index is 2.13. The molecule has 0 aliphatic rings. The molecule has 0 atom stereocenters. The van der Waals surface area contributed by atoms with Gasteiger partial charge in [-0.25, -0.2) is 0 Å². The second kappa shape index (κ2) is 10.1. The van der Waals surface area contributed by atoms with Gasteiger partial charge in [0.25, 0.3) is 11.5 Å². The highest BCUT2D eigenvalue weighted by molar-refractivity contribution is 6.35. The number of nitriles is 1. The van der Waals surface area contributed by atoms with Gasteiger partial charge < -0.3 is 14.8 Å². The molecule has 0 saturated heterocycles. The van der Waals surface area contributed by atoms with Crippen LogP contribution in [0.4, 0.5) is 0 Å². The van der Waals surface area contributed by atoms with Crippen LogP contribution >= 0.6 is 23.2 Å². The van der Waals surface area contributed by atoms with E-state index in [-0.39, 0.29) is 40.9 Å². The number of methoxy groups -OCH3 is 1. The molecule has 0 saturated carbocycles. The number of carbonyl (C=O) groups is 1. The van der Waals surface area contributed by atoms with E-state index in [1.165, 1.54) is 29.8 Å². The molecule has 1 N–H and O–H groups in total. The summed E-state index contributed by atoms with van der Waals surface area (Å²) in [5.41, 5.74) is -0.595. The highest BCUT2D eigenvalue weighted by Crippen LogP contribution is 2.32. The van der Waals surface area contributed by atoms with E-state index in [9.17, 15) is 14.9 Å². The van der Waals surface area contributed by atoms with Crippen LogP contribution in [0.5, 0.6) is 11.6 Å². The van der Waals surface area contributed by atoms with Crippen molar-refractivity contribution in [3.8, 4) is 17.7 Å². The second-order valence-electron chi connectivity index (χ2n) is 6.16. The van der Waals surface area contributed by atoms with Gasteiger partial charge in [-0.15, -0.1) is 0 Å². The van der Waals surface area contributed by atoms with Crippen LogP contribution in [0.25, 0.3) is 11.7 Å². The van der Waals surface area contributed by atoms with Gasteiger partial charge in [-0.1, -0.05) is 29.3 Å². The summed E-state index contributed by atoms with van der Waals surface area (Å²) in [5.74, 6) is -0.568. The molecule has 3 rings (SSSR count). The maximum Gasteiger partial charge on any atom is 0.269 e. The molecule has 0 aliphatic carbocycles. The van der Waals surface area contributed by atoms with Gasteiger partial charge in [-0.3, -0.25) is 14.0 Å². The van der Waals surface area contributed by atoms with Crippen molar-refractivity contribution in [3.05, 3.63) is 74.1 Å².